The van der Waals surface area contributed by atoms with Crippen molar-refractivity contribution < 1.29 is 9.26 Å². The fourth-order valence-electron chi connectivity index (χ4n) is 2.75. The van der Waals surface area contributed by atoms with Crippen molar-refractivity contribution in [3.05, 3.63) is 47.6 Å². The number of aryl methyl sites for hydroxylation is 1. The van der Waals surface area contributed by atoms with Gasteiger partial charge in [0.2, 0.25) is 5.89 Å². The topological polar surface area (TPSA) is 60.2 Å². The van der Waals surface area contributed by atoms with E-state index in [1.807, 2.05) is 6.07 Å². The molecule has 1 aromatic heterocycles. The second-order valence-corrected chi connectivity index (χ2v) is 5.54. The van der Waals surface area contributed by atoms with Crippen LogP contribution in [0.3, 0.4) is 0 Å². The highest BCUT2D eigenvalue weighted by Crippen LogP contribution is 2.26. The molecular weight excluding hydrogens is 266 g/mol. The van der Waals surface area contributed by atoms with Crippen molar-refractivity contribution in [1.82, 2.24) is 15.5 Å². The Morgan fingerprint density at radius 1 is 1.33 bits per heavy atom. The van der Waals surface area contributed by atoms with Crippen LogP contribution >= 0.6 is 0 Å². The summed E-state index contributed by atoms with van der Waals surface area (Å²) in [6, 6.07) is 10.8. The van der Waals surface area contributed by atoms with E-state index in [1.54, 1.807) is 6.92 Å². The minimum atomic E-state index is 0.289. The van der Waals surface area contributed by atoms with Gasteiger partial charge in [0, 0.05) is 26.2 Å². The van der Waals surface area contributed by atoms with Crippen LogP contribution in [0, 0.1) is 12.8 Å². The molecule has 1 N–H and O–H groups in total. The van der Waals surface area contributed by atoms with Crippen LogP contribution in [0.4, 0.5) is 0 Å². The van der Waals surface area contributed by atoms with Gasteiger partial charge in [-0.1, -0.05) is 35.5 Å². The Bertz CT molecular complexity index is 550. The maximum atomic E-state index is 5.49. The molecule has 0 amide bonds. The van der Waals surface area contributed by atoms with Gasteiger partial charge >= 0.3 is 0 Å². The van der Waals surface area contributed by atoms with Gasteiger partial charge in [-0.05, 0) is 24.3 Å². The van der Waals surface area contributed by atoms with Crippen molar-refractivity contribution in [3.63, 3.8) is 0 Å². The largest absolute Gasteiger partial charge is 0.381 e. The first-order valence-electron chi connectivity index (χ1n) is 7.46. The third-order valence-corrected chi connectivity index (χ3v) is 3.87. The molecule has 2 aromatic rings. The van der Waals surface area contributed by atoms with Crippen molar-refractivity contribution in [2.24, 2.45) is 5.92 Å². The molecule has 2 heterocycles. The Morgan fingerprint density at radius 2 is 2.19 bits per heavy atom. The minimum absolute atomic E-state index is 0.289. The van der Waals surface area contributed by atoms with Gasteiger partial charge in [0.05, 0.1) is 6.54 Å². The molecule has 112 valence electrons. The third kappa shape index (κ3) is 3.89. The van der Waals surface area contributed by atoms with E-state index in [2.05, 4.69) is 39.7 Å². The smallest absolute Gasteiger partial charge is 0.223 e. The summed E-state index contributed by atoms with van der Waals surface area (Å²) in [6.07, 6.45) is 2.22. The van der Waals surface area contributed by atoms with Gasteiger partial charge in [-0.15, -0.1) is 0 Å². The lowest BCUT2D eigenvalue weighted by atomic mass is 9.94. The van der Waals surface area contributed by atoms with Gasteiger partial charge in [-0.2, -0.15) is 4.98 Å². The van der Waals surface area contributed by atoms with Crippen molar-refractivity contribution >= 4 is 0 Å². The zero-order chi connectivity index (χ0) is 14.5. The van der Waals surface area contributed by atoms with Gasteiger partial charge in [0.25, 0.3) is 0 Å². The lowest BCUT2D eigenvalue weighted by molar-refractivity contribution is 0.181. The average molecular weight is 287 g/mol. The fraction of sp³-hybridized carbons (Fsp3) is 0.500. The van der Waals surface area contributed by atoms with Gasteiger partial charge < -0.3 is 14.6 Å². The number of nitrogens with one attached hydrogen (secondary N) is 1. The molecule has 0 unspecified atom stereocenters. The highest BCUT2D eigenvalue weighted by molar-refractivity contribution is 5.19. The summed E-state index contributed by atoms with van der Waals surface area (Å²) in [5, 5.41) is 7.49. The van der Waals surface area contributed by atoms with E-state index < -0.39 is 0 Å². The number of nitrogens with zero attached hydrogens (tertiary/aromatic N) is 2. The van der Waals surface area contributed by atoms with E-state index in [0.717, 1.165) is 26.1 Å². The number of benzene rings is 1. The predicted molar refractivity (Wildman–Crippen MR) is 78.6 cm³/mol. The molecule has 2 atom stereocenters. The second-order valence-electron chi connectivity index (χ2n) is 5.54. The Hall–Kier alpha value is -1.72. The van der Waals surface area contributed by atoms with Crippen LogP contribution in [0.2, 0.25) is 0 Å². The van der Waals surface area contributed by atoms with Crippen LogP contribution in [0.5, 0.6) is 0 Å². The van der Waals surface area contributed by atoms with Gasteiger partial charge in [0.15, 0.2) is 5.82 Å². The monoisotopic (exact) mass is 287 g/mol. The van der Waals surface area contributed by atoms with Crippen LogP contribution in [-0.4, -0.2) is 23.4 Å². The molecule has 5 nitrogen and oxygen atoms in total. The van der Waals surface area contributed by atoms with Gasteiger partial charge in [0.1, 0.15) is 0 Å². The quantitative estimate of drug-likeness (QED) is 0.885. The van der Waals surface area contributed by atoms with Gasteiger partial charge in [-0.25, -0.2) is 0 Å². The number of hydrogen-bond donors (Lipinski definition) is 1. The van der Waals surface area contributed by atoms with Gasteiger partial charge in [-0.3, -0.25) is 0 Å². The summed E-state index contributed by atoms with van der Waals surface area (Å²) in [4.78, 5) is 4.24. The Morgan fingerprint density at radius 3 is 2.86 bits per heavy atom. The van der Waals surface area contributed by atoms with Crippen molar-refractivity contribution in [3.8, 4) is 0 Å². The van der Waals surface area contributed by atoms with Crippen molar-refractivity contribution in [2.75, 3.05) is 13.2 Å². The molecule has 5 heteroatoms. The van der Waals surface area contributed by atoms with E-state index in [0.29, 0.717) is 24.2 Å². The maximum Gasteiger partial charge on any atom is 0.223 e. The summed E-state index contributed by atoms with van der Waals surface area (Å²) in [5.41, 5.74) is 1.30. The van der Waals surface area contributed by atoms with E-state index >= 15 is 0 Å². The first-order valence-corrected chi connectivity index (χ1v) is 7.46. The molecule has 0 radical (unpaired) electrons. The lowest BCUT2D eigenvalue weighted by Crippen LogP contribution is -2.24. The molecule has 1 aromatic carbocycles. The average Bonchev–Trinajstić information content (AvgIpc) is 3.16. The molecular formula is C16H21N3O2. The number of ether oxygens (including phenoxy) is 1. The molecule has 0 bridgehead atoms. The summed E-state index contributed by atoms with van der Waals surface area (Å²) in [6.45, 7) is 4.17. The molecule has 0 spiro atoms. The third-order valence-electron chi connectivity index (χ3n) is 3.87. The highest BCUT2D eigenvalue weighted by Gasteiger charge is 2.22. The lowest BCUT2D eigenvalue weighted by Gasteiger charge is -2.21. The fourth-order valence-corrected chi connectivity index (χ4v) is 2.75. The normalized spacial score (nSPS) is 19.8. The van der Waals surface area contributed by atoms with Crippen LogP contribution in [0.1, 0.15) is 36.2 Å². The molecule has 1 fully saturated rings. The zero-order valence-corrected chi connectivity index (χ0v) is 12.3. The molecule has 1 aliphatic rings. The minimum Gasteiger partial charge on any atom is -0.381 e. The van der Waals surface area contributed by atoms with Crippen LogP contribution in [0.15, 0.2) is 34.9 Å². The van der Waals surface area contributed by atoms with Crippen molar-refractivity contribution in [2.45, 2.75) is 32.4 Å². The van der Waals surface area contributed by atoms with Crippen LogP contribution in [-0.2, 0) is 11.3 Å². The highest BCUT2D eigenvalue weighted by atomic mass is 16.5. The second kappa shape index (κ2) is 6.83. The summed E-state index contributed by atoms with van der Waals surface area (Å²) < 4.78 is 10.5. The zero-order valence-electron chi connectivity index (χ0n) is 12.3. The van der Waals surface area contributed by atoms with E-state index in [1.165, 1.54) is 5.56 Å². The van der Waals surface area contributed by atoms with E-state index in [-0.39, 0.29) is 6.04 Å². The van der Waals surface area contributed by atoms with Crippen LogP contribution < -0.4 is 5.32 Å². The van der Waals surface area contributed by atoms with Crippen molar-refractivity contribution in [1.29, 1.82) is 0 Å². The number of hydrogen-bond acceptors (Lipinski definition) is 5. The Labute approximate surface area is 124 Å². The number of aromatic nitrogens is 2. The molecule has 1 aliphatic heterocycles. The first kappa shape index (κ1) is 14.2. The molecule has 0 saturated carbocycles. The summed E-state index contributed by atoms with van der Waals surface area (Å²) in [7, 11) is 0. The Balaban J connectivity index is 1.66. The Kier molecular flexibility index (Phi) is 4.62. The molecule has 0 aliphatic carbocycles. The van der Waals surface area contributed by atoms with E-state index in [4.69, 9.17) is 9.26 Å². The molecule has 21 heavy (non-hydrogen) atoms. The summed E-state index contributed by atoms with van der Waals surface area (Å²) >= 11 is 0. The van der Waals surface area contributed by atoms with E-state index in [9.17, 15) is 0 Å². The predicted octanol–water partition coefficient (Wildman–Crippen LogP) is 2.64. The molecule has 1 saturated heterocycles. The SMILES string of the molecule is Cc1nc(CN[C@@H](C[C@@H]2CCOC2)c2ccccc2)no1. The standard InChI is InChI=1S/C16H21N3O2/c1-12-18-16(19-21-12)10-17-15(9-13-7-8-20-11-13)14-5-3-2-4-6-14/h2-6,13,15,17H,7-11H2,1H3/t13-,15-/m0/s1. The summed E-state index contributed by atoms with van der Waals surface area (Å²) in [5.74, 6) is 1.93. The van der Waals surface area contributed by atoms with Crippen LogP contribution in [0.25, 0.3) is 0 Å². The maximum absolute atomic E-state index is 5.49. The first-order chi connectivity index (χ1) is 10.3. The number of rotatable bonds is 6. The molecule has 3 rings (SSSR count).